The number of likely N-dealkylation sites (tertiary alicyclic amines) is 1. The van der Waals surface area contributed by atoms with E-state index in [0.29, 0.717) is 26.1 Å². The average Bonchev–Trinajstić information content (AvgIpc) is 3.08. The Morgan fingerprint density at radius 3 is 2.70 bits per heavy atom. The van der Waals surface area contributed by atoms with Gasteiger partial charge in [0.2, 0.25) is 5.91 Å². The number of carbonyl (C=O) groups excluding carboxylic acids is 1. The Bertz CT molecular complexity index is 799. The van der Waals surface area contributed by atoms with Crippen molar-refractivity contribution < 1.29 is 14.3 Å². The van der Waals surface area contributed by atoms with Crippen LogP contribution in [-0.2, 0) is 11.2 Å². The maximum atomic E-state index is 13.0. The SMILES string of the molecule is COc1ccc2c(c1)CC(C(=O)N1C[C@@H](N)[C@H](c3ccccc3)C1)CO2.Cl. The number of methoxy groups -OCH3 is 1. The Morgan fingerprint density at radius 1 is 1.19 bits per heavy atom. The van der Waals surface area contributed by atoms with E-state index in [9.17, 15) is 4.79 Å². The maximum Gasteiger partial charge on any atom is 0.229 e. The van der Waals surface area contributed by atoms with E-state index in [0.717, 1.165) is 17.1 Å². The van der Waals surface area contributed by atoms with E-state index in [1.54, 1.807) is 7.11 Å². The van der Waals surface area contributed by atoms with Crippen molar-refractivity contribution in [1.82, 2.24) is 4.90 Å². The standard InChI is InChI=1S/C21H24N2O3.ClH/c1-25-17-7-8-20-15(10-17)9-16(13-26-20)21(24)23-11-18(19(22)12-23)14-5-3-2-4-6-14;/h2-8,10,16,18-19H,9,11-13,22H2,1H3;1H/t16?,18-,19+;/m0./s1. The number of ether oxygens (including phenoxy) is 2. The summed E-state index contributed by atoms with van der Waals surface area (Å²) in [6.45, 7) is 1.69. The summed E-state index contributed by atoms with van der Waals surface area (Å²) in [7, 11) is 1.64. The van der Waals surface area contributed by atoms with E-state index in [1.807, 2.05) is 41.3 Å². The van der Waals surface area contributed by atoms with Crippen molar-refractivity contribution in [2.45, 2.75) is 18.4 Å². The Balaban J connectivity index is 0.00000210. The topological polar surface area (TPSA) is 64.8 Å². The summed E-state index contributed by atoms with van der Waals surface area (Å²) >= 11 is 0. The first-order valence-electron chi connectivity index (χ1n) is 9.04. The highest BCUT2D eigenvalue weighted by Crippen LogP contribution is 2.33. The first-order chi connectivity index (χ1) is 12.7. The molecule has 0 radical (unpaired) electrons. The molecule has 0 saturated carbocycles. The summed E-state index contributed by atoms with van der Waals surface area (Å²) < 4.78 is 11.1. The van der Waals surface area contributed by atoms with Gasteiger partial charge in [-0.25, -0.2) is 0 Å². The number of hydrogen-bond donors (Lipinski definition) is 1. The molecule has 1 amide bonds. The van der Waals surface area contributed by atoms with Crippen LogP contribution in [0.5, 0.6) is 11.5 Å². The lowest BCUT2D eigenvalue weighted by Gasteiger charge is -2.28. The molecule has 4 rings (SSSR count). The Morgan fingerprint density at radius 2 is 1.96 bits per heavy atom. The third kappa shape index (κ3) is 3.89. The molecule has 144 valence electrons. The second-order valence-corrected chi connectivity index (χ2v) is 7.11. The van der Waals surface area contributed by atoms with Crippen LogP contribution in [0.2, 0.25) is 0 Å². The number of carbonyl (C=O) groups is 1. The Kier molecular flexibility index (Phi) is 5.92. The summed E-state index contributed by atoms with van der Waals surface area (Å²) in [6, 6.07) is 15.9. The van der Waals surface area contributed by atoms with Gasteiger partial charge in [-0.3, -0.25) is 4.79 Å². The lowest BCUT2D eigenvalue weighted by atomic mass is 9.94. The van der Waals surface area contributed by atoms with Gasteiger partial charge in [0.1, 0.15) is 18.1 Å². The molecule has 2 aromatic carbocycles. The van der Waals surface area contributed by atoms with Crippen molar-refractivity contribution in [3.05, 3.63) is 59.7 Å². The minimum atomic E-state index is -0.170. The van der Waals surface area contributed by atoms with Crippen LogP contribution >= 0.6 is 12.4 Å². The molecule has 2 aromatic rings. The Labute approximate surface area is 165 Å². The normalized spacial score (nSPS) is 23.8. The zero-order chi connectivity index (χ0) is 18.1. The second-order valence-electron chi connectivity index (χ2n) is 7.11. The molecule has 0 aliphatic carbocycles. The van der Waals surface area contributed by atoms with Crippen LogP contribution in [0.15, 0.2) is 48.5 Å². The molecule has 1 saturated heterocycles. The summed E-state index contributed by atoms with van der Waals surface area (Å²) in [4.78, 5) is 15.0. The number of fused-ring (bicyclic) bond motifs is 1. The molecular weight excluding hydrogens is 364 g/mol. The fraction of sp³-hybridized carbons (Fsp3) is 0.381. The zero-order valence-corrected chi connectivity index (χ0v) is 16.2. The van der Waals surface area contributed by atoms with Gasteiger partial charge in [-0.2, -0.15) is 0 Å². The van der Waals surface area contributed by atoms with E-state index >= 15 is 0 Å². The molecule has 5 nitrogen and oxygen atoms in total. The fourth-order valence-corrected chi connectivity index (χ4v) is 3.98. The third-order valence-corrected chi connectivity index (χ3v) is 5.43. The molecule has 2 aliphatic rings. The number of benzene rings is 2. The van der Waals surface area contributed by atoms with Crippen LogP contribution in [0, 0.1) is 5.92 Å². The van der Waals surface area contributed by atoms with Gasteiger partial charge in [0, 0.05) is 25.0 Å². The van der Waals surface area contributed by atoms with Crippen molar-refractivity contribution in [3.8, 4) is 11.5 Å². The maximum absolute atomic E-state index is 13.0. The Hall–Kier alpha value is -2.24. The number of amides is 1. The highest BCUT2D eigenvalue weighted by Gasteiger charge is 2.37. The summed E-state index contributed by atoms with van der Waals surface area (Å²) in [5.41, 5.74) is 8.57. The quantitative estimate of drug-likeness (QED) is 0.877. The lowest BCUT2D eigenvalue weighted by molar-refractivity contribution is -0.135. The molecule has 0 aromatic heterocycles. The lowest BCUT2D eigenvalue weighted by Crippen LogP contribution is -2.40. The van der Waals surface area contributed by atoms with Crippen molar-refractivity contribution in [2.75, 3.05) is 26.8 Å². The third-order valence-electron chi connectivity index (χ3n) is 5.43. The summed E-state index contributed by atoms with van der Waals surface area (Å²) in [5.74, 6) is 1.78. The van der Waals surface area contributed by atoms with Gasteiger partial charge in [-0.05, 0) is 35.7 Å². The second kappa shape index (κ2) is 8.19. The molecule has 2 aliphatic heterocycles. The van der Waals surface area contributed by atoms with Crippen LogP contribution < -0.4 is 15.2 Å². The molecule has 0 bridgehead atoms. The van der Waals surface area contributed by atoms with Crippen molar-refractivity contribution >= 4 is 18.3 Å². The first kappa shape index (κ1) is 19.5. The molecule has 27 heavy (non-hydrogen) atoms. The van der Waals surface area contributed by atoms with Gasteiger partial charge in [0.05, 0.1) is 13.0 Å². The highest BCUT2D eigenvalue weighted by molar-refractivity contribution is 5.85. The number of nitrogens with two attached hydrogens (primary N) is 1. The predicted octanol–water partition coefficient (Wildman–Crippen LogP) is 2.62. The van der Waals surface area contributed by atoms with Gasteiger partial charge >= 0.3 is 0 Å². The summed E-state index contributed by atoms with van der Waals surface area (Å²) in [6.07, 6.45) is 0.674. The molecule has 2 N–H and O–H groups in total. The molecule has 0 spiro atoms. The average molecular weight is 389 g/mol. The van der Waals surface area contributed by atoms with Gasteiger partial charge in [0.25, 0.3) is 0 Å². The predicted molar refractivity (Wildman–Crippen MR) is 107 cm³/mol. The van der Waals surface area contributed by atoms with Gasteiger partial charge in [-0.1, -0.05) is 30.3 Å². The van der Waals surface area contributed by atoms with Crippen LogP contribution in [0.25, 0.3) is 0 Å². The van der Waals surface area contributed by atoms with E-state index in [2.05, 4.69) is 12.1 Å². The minimum Gasteiger partial charge on any atom is -0.497 e. The number of halogens is 1. The number of rotatable bonds is 3. The number of nitrogens with zero attached hydrogens (tertiary/aromatic N) is 1. The first-order valence-corrected chi connectivity index (χ1v) is 9.04. The van der Waals surface area contributed by atoms with Crippen LogP contribution in [0.1, 0.15) is 17.0 Å². The van der Waals surface area contributed by atoms with E-state index in [4.69, 9.17) is 15.2 Å². The molecule has 3 atom stereocenters. The van der Waals surface area contributed by atoms with E-state index < -0.39 is 0 Å². The van der Waals surface area contributed by atoms with Crippen LogP contribution in [0.4, 0.5) is 0 Å². The minimum absolute atomic E-state index is 0. The molecular formula is C21H25ClN2O3. The van der Waals surface area contributed by atoms with Crippen LogP contribution in [0.3, 0.4) is 0 Å². The van der Waals surface area contributed by atoms with Crippen molar-refractivity contribution in [2.24, 2.45) is 11.7 Å². The monoisotopic (exact) mass is 388 g/mol. The molecule has 1 unspecified atom stereocenters. The molecule has 6 heteroatoms. The fourth-order valence-electron chi connectivity index (χ4n) is 3.98. The summed E-state index contributed by atoms with van der Waals surface area (Å²) in [5, 5.41) is 0. The molecule has 2 heterocycles. The largest absolute Gasteiger partial charge is 0.497 e. The van der Waals surface area contributed by atoms with Gasteiger partial charge in [0.15, 0.2) is 0 Å². The van der Waals surface area contributed by atoms with Crippen LogP contribution in [-0.4, -0.2) is 43.7 Å². The van der Waals surface area contributed by atoms with Crippen molar-refractivity contribution in [3.63, 3.8) is 0 Å². The van der Waals surface area contributed by atoms with Gasteiger partial charge in [-0.15, -0.1) is 12.4 Å². The van der Waals surface area contributed by atoms with E-state index in [-0.39, 0.29) is 36.2 Å². The van der Waals surface area contributed by atoms with Gasteiger partial charge < -0.3 is 20.1 Å². The van der Waals surface area contributed by atoms with E-state index in [1.165, 1.54) is 5.56 Å². The smallest absolute Gasteiger partial charge is 0.229 e. The molecule has 1 fully saturated rings. The highest BCUT2D eigenvalue weighted by atomic mass is 35.5. The zero-order valence-electron chi connectivity index (χ0n) is 15.3. The van der Waals surface area contributed by atoms with Crippen molar-refractivity contribution in [1.29, 1.82) is 0 Å². The number of hydrogen-bond acceptors (Lipinski definition) is 4.